The van der Waals surface area contributed by atoms with Gasteiger partial charge in [0, 0.05) is 6.92 Å². The van der Waals surface area contributed by atoms with Gasteiger partial charge in [0.25, 0.3) is 0 Å². The fraction of sp³-hybridized carbons (Fsp3) is 0.917. The minimum atomic E-state index is -0.389. The smallest absolute Gasteiger partial charge is 0.159 e. The van der Waals surface area contributed by atoms with Crippen molar-refractivity contribution < 1.29 is 9.47 Å². The molecule has 0 aromatic carbocycles. The zero-order valence-electron chi connectivity index (χ0n) is 10.5. The van der Waals surface area contributed by atoms with Crippen molar-refractivity contribution in [3.05, 3.63) is 6.92 Å². The molecule has 85 valence electrons. The molecule has 0 heterocycles. The Morgan fingerprint density at radius 2 is 1.21 bits per heavy atom. The summed E-state index contributed by atoms with van der Waals surface area (Å²) < 4.78 is 11.4. The first kappa shape index (κ1) is 13.9. The van der Waals surface area contributed by atoms with Gasteiger partial charge in [-0.1, -0.05) is 13.8 Å². The lowest BCUT2D eigenvalue weighted by molar-refractivity contribution is -0.221. The van der Waals surface area contributed by atoms with Gasteiger partial charge in [0.15, 0.2) is 6.29 Å². The summed E-state index contributed by atoms with van der Waals surface area (Å²) in [7, 11) is 0. The summed E-state index contributed by atoms with van der Waals surface area (Å²) in [5.74, 6) is 0. The van der Waals surface area contributed by atoms with E-state index in [0.717, 1.165) is 12.8 Å². The van der Waals surface area contributed by atoms with Gasteiger partial charge >= 0.3 is 0 Å². The number of hydrogen-bond acceptors (Lipinski definition) is 2. The molecule has 0 N–H and O–H groups in total. The maximum Gasteiger partial charge on any atom is 0.159 e. The molecule has 14 heavy (non-hydrogen) atoms. The highest BCUT2D eigenvalue weighted by Gasteiger charge is 2.24. The first-order valence-electron chi connectivity index (χ1n) is 5.41. The third-order valence-corrected chi connectivity index (χ3v) is 2.60. The molecule has 0 aromatic heterocycles. The summed E-state index contributed by atoms with van der Waals surface area (Å²) >= 11 is 0. The van der Waals surface area contributed by atoms with E-state index < -0.39 is 0 Å². The normalized spacial score (nSPS) is 13.7. The second-order valence-electron chi connectivity index (χ2n) is 4.89. The molecule has 2 nitrogen and oxygen atoms in total. The van der Waals surface area contributed by atoms with Gasteiger partial charge in [-0.05, 0) is 40.5 Å². The second-order valence-corrected chi connectivity index (χ2v) is 4.89. The molecule has 0 spiro atoms. The minimum Gasteiger partial charge on any atom is -0.347 e. The first-order valence-corrected chi connectivity index (χ1v) is 5.41. The molecule has 0 rings (SSSR count). The summed E-state index contributed by atoms with van der Waals surface area (Å²) in [6.07, 6.45) is 1.52. The van der Waals surface area contributed by atoms with Gasteiger partial charge in [0.2, 0.25) is 0 Å². The Hall–Kier alpha value is -0.0800. The van der Waals surface area contributed by atoms with Crippen molar-refractivity contribution in [2.24, 2.45) is 0 Å². The van der Waals surface area contributed by atoms with E-state index in [-0.39, 0.29) is 17.5 Å². The van der Waals surface area contributed by atoms with E-state index in [1.807, 2.05) is 27.7 Å². The zero-order valence-corrected chi connectivity index (χ0v) is 10.5. The van der Waals surface area contributed by atoms with E-state index in [9.17, 15) is 0 Å². The average molecular weight is 201 g/mol. The van der Waals surface area contributed by atoms with Crippen molar-refractivity contribution in [3.63, 3.8) is 0 Å². The van der Waals surface area contributed by atoms with Gasteiger partial charge in [-0.25, -0.2) is 0 Å². The van der Waals surface area contributed by atoms with Crippen molar-refractivity contribution in [2.45, 2.75) is 71.9 Å². The van der Waals surface area contributed by atoms with Crippen molar-refractivity contribution in [2.75, 3.05) is 0 Å². The lowest BCUT2D eigenvalue weighted by Gasteiger charge is -2.33. The number of ether oxygens (including phenoxy) is 2. The third-order valence-electron chi connectivity index (χ3n) is 2.60. The molecular formula is C12H25O2. The van der Waals surface area contributed by atoms with Crippen LogP contribution < -0.4 is 0 Å². The van der Waals surface area contributed by atoms with Gasteiger partial charge < -0.3 is 9.47 Å². The molecule has 2 heteroatoms. The van der Waals surface area contributed by atoms with Gasteiger partial charge in [0.1, 0.15) is 0 Å². The molecule has 0 amide bonds. The lowest BCUT2D eigenvalue weighted by Crippen LogP contribution is -2.36. The van der Waals surface area contributed by atoms with Crippen molar-refractivity contribution >= 4 is 0 Å². The molecule has 0 aromatic rings. The van der Waals surface area contributed by atoms with Crippen LogP contribution in [0.2, 0.25) is 0 Å². The van der Waals surface area contributed by atoms with Crippen LogP contribution in [0, 0.1) is 6.92 Å². The Bertz CT molecular complexity index is 144. The third kappa shape index (κ3) is 5.61. The quantitative estimate of drug-likeness (QED) is 0.612. The van der Waals surface area contributed by atoms with Crippen LogP contribution in [-0.2, 0) is 9.47 Å². The van der Waals surface area contributed by atoms with Crippen molar-refractivity contribution in [1.82, 2.24) is 0 Å². The molecule has 0 aliphatic heterocycles. The Morgan fingerprint density at radius 3 is 1.43 bits per heavy atom. The van der Waals surface area contributed by atoms with E-state index in [1.54, 1.807) is 0 Å². The van der Waals surface area contributed by atoms with Crippen LogP contribution in [0.3, 0.4) is 0 Å². The molecule has 0 bridgehead atoms. The van der Waals surface area contributed by atoms with E-state index >= 15 is 0 Å². The van der Waals surface area contributed by atoms with Crippen molar-refractivity contribution in [3.8, 4) is 0 Å². The van der Waals surface area contributed by atoms with Crippen LogP contribution >= 0.6 is 0 Å². The highest BCUT2D eigenvalue weighted by molar-refractivity contribution is 4.71. The number of hydrogen-bond donors (Lipinski definition) is 0. The van der Waals surface area contributed by atoms with Crippen LogP contribution in [0.1, 0.15) is 54.4 Å². The molecule has 0 saturated heterocycles. The van der Waals surface area contributed by atoms with E-state index in [1.165, 1.54) is 0 Å². The highest BCUT2D eigenvalue weighted by atomic mass is 16.7. The highest BCUT2D eigenvalue weighted by Crippen LogP contribution is 2.21. The Kier molecular flexibility index (Phi) is 5.10. The predicted molar refractivity (Wildman–Crippen MR) is 60.1 cm³/mol. The zero-order chi connectivity index (χ0) is 11.4. The molecule has 0 fully saturated rings. The summed E-state index contributed by atoms with van der Waals surface area (Å²) in [6, 6.07) is 0. The van der Waals surface area contributed by atoms with E-state index in [2.05, 4.69) is 20.8 Å². The molecule has 1 radical (unpaired) electrons. The monoisotopic (exact) mass is 201 g/mol. The first-order chi connectivity index (χ1) is 6.22. The van der Waals surface area contributed by atoms with Gasteiger partial charge in [-0.15, -0.1) is 0 Å². The molecule has 0 atom stereocenters. The molecule has 0 unspecified atom stereocenters. The largest absolute Gasteiger partial charge is 0.347 e. The molecule has 0 aliphatic carbocycles. The molecule has 0 aliphatic rings. The number of rotatable bonds is 6. The molecule has 0 saturated carbocycles. The van der Waals surface area contributed by atoms with Crippen LogP contribution in [0.5, 0.6) is 0 Å². The van der Waals surface area contributed by atoms with Gasteiger partial charge in [-0.3, -0.25) is 0 Å². The molecular weight excluding hydrogens is 176 g/mol. The van der Waals surface area contributed by atoms with E-state index in [0.29, 0.717) is 0 Å². The van der Waals surface area contributed by atoms with Crippen LogP contribution in [0.4, 0.5) is 0 Å². The standard InChI is InChI=1S/C12H25O2/c1-8-11(4,5)13-10(3)14-12(6,7)9-2/h10H,3,8-9H2,1-2,4-7H3. The summed E-state index contributed by atoms with van der Waals surface area (Å²) in [6.45, 7) is 16.2. The topological polar surface area (TPSA) is 18.5 Å². The fourth-order valence-corrected chi connectivity index (χ4v) is 0.902. The summed E-state index contributed by atoms with van der Waals surface area (Å²) in [5.41, 5.74) is -0.313. The summed E-state index contributed by atoms with van der Waals surface area (Å²) in [4.78, 5) is 0. The Morgan fingerprint density at radius 1 is 0.929 bits per heavy atom. The maximum atomic E-state index is 5.69. The predicted octanol–water partition coefficient (Wildman–Crippen LogP) is 3.56. The van der Waals surface area contributed by atoms with Gasteiger partial charge in [-0.2, -0.15) is 0 Å². The van der Waals surface area contributed by atoms with Crippen molar-refractivity contribution in [1.29, 1.82) is 0 Å². The van der Waals surface area contributed by atoms with E-state index in [4.69, 9.17) is 9.47 Å². The lowest BCUT2D eigenvalue weighted by atomic mass is 10.1. The van der Waals surface area contributed by atoms with Crippen LogP contribution in [-0.4, -0.2) is 17.5 Å². The average Bonchev–Trinajstić information content (AvgIpc) is 2.02. The fourth-order valence-electron chi connectivity index (χ4n) is 0.902. The Balaban J connectivity index is 4.04. The van der Waals surface area contributed by atoms with Crippen LogP contribution in [0.25, 0.3) is 0 Å². The summed E-state index contributed by atoms with van der Waals surface area (Å²) in [5, 5.41) is 0. The second kappa shape index (κ2) is 5.13. The SMILES string of the molecule is [CH2]C(OC(C)(C)CC)OC(C)(C)CC. The minimum absolute atomic E-state index is 0.157. The van der Waals surface area contributed by atoms with Crippen LogP contribution in [0.15, 0.2) is 0 Å². The Labute approximate surface area is 89.0 Å². The maximum absolute atomic E-state index is 5.69. The van der Waals surface area contributed by atoms with Gasteiger partial charge in [0.05, 0.1) is 11.2 Å².